The zero-order chi connectivity index (χ0) is 8.27. The number of hydrogen-bond acceptors (Lipinski definition) is 3. The summed E-state index contributed by atoms with van der Waals surface area (Å²) in [7, 11) is 0. The largest absolute Gasteiger partial charge is 0.453 e. The van der Waals surface area contributed by atoms with E-state index in [2.05, 4.69) is 0 Å². The van der Waals surface area contributed by atoms with Gasteiger partial charge < -0.3 is 15.3 Å². The van der Waals surface area contributed by atoms with Crippen molar-refractivity contribution in [1.82, 2.24) is 0 Å². The molecule has 4 heteroatoms. The molecule has 0 aliphatic rings. The van der Waals surface area contributed by atoms with Crippen molar-refractivity contribution in [3.05, 3.63) is 23.1 Å². The van der Waals surface area contributed by atoms with Gasteiger partial charge in [0, 0.05) is 18.2 Å². The third kappa shape index (κ3) is 1.96. The van der Waals surface area contributed by atoms with Gasteiger partial charge in [-0.3, -0.25) is 0 Å². The van der Waals surface area contributed by atoms with Crippen LogP contribution >= 0.6 is 11.6 Å². The lowest BCUT2D eigenvalue weighted by Gasteiger charge is -2.06. The molecule has 0 aromatic carbocycles. The number of aliphatic hydroxyl groups excluding tert-OH is 1. The first-order chi connectivity index (χ1) is 5.25. The lowest BCUT2D eigenvalue weighted by atomic mass is 10.1. The van der Waals surface area contributed by atoms with Crippen molar-refractivity contribution < 1.29 is 9.52 Å². The Hall–Kier alpha value is -0.510. The fourth-order valence-corrected chi connectivity index (χ4v) is 1.12. The maximum atomic E-state index is 8.57. The Morgan fingerprint density at radius 1 is 1.73 bits per heavy atom. The fourth-order valence-electron chi connectivity index (χ4n) is 0.865. The molecule has 1 aromatic rings. The summed E-state index contributed by atoms with van der Waals surface area (Å²) < 4.78 is 4.84. The summed E-state index contributed by atoms with van der Waals surface area (Å²) in [5.41, 5.74) is 6.40. The first-order valence-electron chi connectivity index (χ1n) is 3.35. The number of nitrogens with two attached hydrogens (primary N) is 1. The van der Waals surface area contributed by atoms with Crippen molar-refractivity contribution in [2.45, 2.75) is 12.5 Å². The molecule has 0 aliphatic heterocycles. The quantitative estimate of drug-likeness (QED) is 0.729. The monoisotopic (exact) mass is 175 g/mol. The molecule has 0 unspecified atom stereocenters. The standard InChI is InChI=1S/C7H10ClNO2/c8-7-5(2-4-11-7)6(9)1-3-10/h2,4,6,10H,1,3,9H2/t6-/m1/s1. The second kappa shape index (κ2) is 3.76. The highest BCUT2D eigenvalue weighted by molar-refractivity contribution is 6.29. The molecule has 1 rings (SSSR count). The van der Waals surface area contributed by atoms with Crippen LogP contribution in [0.5, 0.6) is 0 Å². The Kier molecular flexibility index (Phi) is 2.93. The highest BCUT2D eigenvalue weighted by atomic mass is 35.5. The van der Waals surface area contributed by atoms with Crippen LogP contribution in [0.1, 0.15) is 18.0 Å². The first kappa shape index (κ1) is 8.59. The van der Waals surface area contributed by atoms with E-state index < -0.39 is 0 Å². The van der Waals surface area contributed by atoms with E-state index in [1.54, 1.807) is 6.07 Å². The van der Waals surface area contributed by atoms with Crippen LogP contribution in [0.3, 0.4) is 0 Å². The molecule has 3 nitrogen and oxygen atoms in total. The van der Waals surface area contributed by atoms with Crippen LogP contribution in [0.4, 0.5) is 0 Å². The highest BCUT2D eigenvalue weighted by Crippen LogP contribution is 2.23. The zero-order valence-electron chi connectivity index (χ0n) is 5.96. The Bertz CT molecular complexity index is 224. The molecule has 1 aromatic heterocycles. The summed E-state index contributed by atoms with van der Waals surface area (Å²) in [6.07, 6.45) is 1.98. The molecule has 0 spiro atoms. The summed E-state index contributed by atoms with van der Waals surface area (Å²) in [4.78, 5) is 0. The number of halogens is 1. The van der Waals surface area contributed by atoms with Crippen molar-refractivity contribution in [3.8, 4) is 0 Å². The molecule has 11 heavy (non-hydrogen) atoms. The molecule has 1 heterocycles. The van der Waals surface area contributed by atoms with Gasteiger partial charge in [0.05, 0.1) is 6.26 Å². The number of aliphatic hydroxyl groups is 1. The van der Waals surface area contributed by atoms with Gasteiger partial charge in [0.2, 0.25) is 0 Å². The van der Waals surface area contributed by atoms with E-state index >= 15 is 0 Å². The average molecular weight is 176 g/mol. The van der Waals surface area contributed by atoms with Gasteiger partial charge in [-0.25, -0.2) is 0 Å². The smallest absolute Gasteiger partial charge is 0.197 e. The van der Waals surface area contributed by atoms with E-state index in [1.807, 2.05) is 0 Å². The molecule has 0 amide bonds. The Labute approximate surface area is 69.8 Å². The van der Waals surface area contributed by atoms with Crippen LogP contribution in [0.2, 0.25) is 5.22 Å². The van der Waals surface area contributed by atoms with Crippen LogP contribution in [0, 0.1) is 0 Å². The van der Waals surface area contributed by atoms with E-state index in [0.717, 1.165) is 5.56 Å². The van der Waals surface area contributed by atoms with Gasteiger partial charge in [-0.2, -0.15) is 0 Å². The van der Waals surface area contributed by atoms with Crippen LogP contribution in [-0.2, 0) is 0 Å². The minimum atomic E-state index is -0.230. The topological polar surface area (TPSA) is 59.4 Å². The third-order valence-corrected chi connectivity index (χ3v) is 1.79. The molecular weight excluding hydrogens is 166 g/mol. The molecule has 0 aliphatic carbocycles. The van der Waals surface area contributed by atoms with Gasteiger partial charge in [-0.05, 0) is 24.1 Å². The summed E-state index contributed by atoms with van der Waals surface area (Å²) in [6, 6.07) is 1.48. The predicted octanol–water partition coefficient (Wildman–Crippen LogP) is 1.32. The van der Waals surface area contributed by atoms with Gasteiger partial charge in [0.15, 0.2) is 5.22 Å². The second-order valence-corrected chi connectivity index (χ2v) is 2.61. The van der Waals surface area contributed by atoms with Crippen LogP contribution in [0.25, 0.3) is 0 Å². The van der Waals surface area contributed by atoms with Crippen molar-refractivity contribution in [3.63, 3.8) is 0 Å². The zero-order valence-corrected chi connectivity index (χ0v) is 6.71. The Morgan fingerprint density at radius 2 is 2.45 bits per heavy atom. The molecular formula is C7H10ClNO2. The Balaban J connectivity index is 2.67. The number of hydrogen-bond donors (Lipinski definition) is 2. The number of rotatable bonds is 3. The van der Waals surface area contributed by atoms with E-state index in [4.69, 9.17) is 26.9 Å². The molecule has 1 atom stereocenters. The van der Waals surface area contributed by atoms with Crippen molar-refractivity contribution in [2.24, 2.45) is 5.73 Å². The van der Waals surface area contributed by atoms with Crippen LogP contribution in [-0.4, -0.2) is 11.7 Å². The van der Waals surface area contributed by atoms with Gasteiger partial charge >= 0.3 is 0 Å². The summed E-state index contributed by atoms with van der Waals surface area (Å²) >= 11 is 5.64. The molecule has 0 bridgehead atoms. The highest BCUT2D eigenvalue weighted by Gasteiger charge is 2.11. The molecule has 0 radical (unpaired) electrons. The molecule has 0 saturated carbocycles. The van der Waals surface area contributed by atoms with Crippen LogP contribution < -0.4 is 5.73 Å². The summed E-state index contributed by atoms with van der Waals surface area (Å²) in [5.74, 6) is 0. The van der Waals surface area contributed by atoms with Gasteiger partial charge in [0.25, 0.3) is 0 Å². The SMILES string of the molecule is N[C@H](CCO)c1ccoc1Cl. The predicted molar refractivity (Wildman–Crippen MR) is 42.3 cm³/mol. The Morgan fingerprint density at radius 3 is 2.91 bits per heavy atom. The summed E-state index contributed by atoms with van der Waals surface area (Å²) in [5, 5.41) is 8.88. The molecule has 0 saturated heterocycles. The van der Waals surface area contributed by atoms with Gasteiger partial charge in [-0.15, -0.1) is 0 Å². The molecule has 3 N–H and O–H groups in total. The minimum Gasteiger partial charge on any atom is -0.453 e. The maximum Gasteiger partial charge on any atom is 0.197 e. The van der Waals surface area contributed by atoms with Gasteiger partial charge in [0.1, 0.15) is 0 Å². The fraction of sp³-hybridized carbons (Fsp3) is 0.429. The lowest BCUT2D eigenvalue weighted by molar-refractivity contribution is 0.276. The number of furan rings is 1. The van der Waals surface area contributed by atoms with Crippen molar-refractivity contribution in [1.29, 1.82) is 0 Å². The lowest BCUT2D eigenvalue weighted by Crippen LogP contribution is -2.11. The minimum absolute atomic E-state index is 0.0582. The molecule has 62 valence electrons. The second-order valence-electron chi connectivity index (χ2n) is 2.27. The average Bonchev–Trinajstić information content (AvgIpc) is 2.36. The van der Waals surface area contributed by atoms with Crippen molar-refractivity contribution in [2.75, 3.05) is 6.61 Å². The first-order valence-corrected chi connectivity index (χ1v) is 3.73. The normalized spacial score (nSPS) is 13.4. The van der Waals surface area contributed by atoms with E-state index in [-0.39, 0.29) is 12.6 Å². The van der Waals surface area contributed by atoms with E-state index in [1.165, 1.54) is 6.26 Å². The van der Waals surface area contributed by atoms with Crippen molar-refractivity contribution >= 4 is 11.6 Å². The maximum absolute atomic E-state index is 8.57. The summed E-state index contributed by atoms with van der Waals surface area (Å²) in [6.45, 7) is 0.0582. The van der Waals surface area contributed by atoms with Crippen LogP contribution in [0.15, 0.2) is 16.7 Å². The molecule has 0 fully saturated rings. The van der Waals surface area contributed by atoms with Gasteiger partial charge in [-0.1, -0.05) is 0 Å². The third-order valence-electron chi connectivity index (χ3n) is 1.49. The van der Waals surface area contributed by atoms with E-state index in [9.17, 15) is 0 Å². The van der Waals surface area contributed by atoms with E-state index in [0.29, 0.717) is 11.6 Å².